The van der Waals surface area contributed by atoms with E-state index in [1.54, 1.807) is 0 Å². The number of amides is 1. The summed E-state index contributed by atoms with van der Waals surface area (Å²) in [4.78, 5) is 30.2. The van der Waals surface area contributed by atoms with E-state index in [2.05, 4.69) is 5.32 Å². The molecule has 0 bridgehead atoms. The first-order valence-corrected chi connectivity index (χ1v) is 8.55. The highest BCUT2D eigenvalue weighted by molar-refractivity contribution is 6.01. The number of hydrogen-bond acceptors (Lipinski definition) is 5. The third-order valence-corrected chi connectivity index (χ3v) is 4.43. The number of carbonyl (C=O) groups excluding carboxylic acids is 1. The molecule has 0 saturated carbocycles. The number of nitrogens with one attached hydrogen (secondary N) is 1. The van der Waals surface area contributed by atoms with Crippen LogP contribution in [0.1, 0.15) is 21.5 Å². The molecule has 1 aliphatic heterocycles. The second kappa shape index (κ2) is 7.84. The second-order valence-corrected chi connectivity index (χ2v) is 6.32. The predicted octanol–water partition coefficient (Wildman–Crippen LogP) is 2.21. The summed E-state index contributed by atoms with van der Waals surface area (Å²) in [6.07, 6.45) is -4.44. The summed E-state index contributed by atoms with van der Waals surface area (Å²) in [6.45, 7) is -0.290. The highest BCUT2D eigenvalue weighted by atomic mass is 19.4. The van der Waals surface area contributed by atoms with Crippen LogP contribution in [0.25, 0.3) is 0 Å². The zero-order valence-electron chi connectivity index (χ0n) is 15.2. The van der Waals surface area contributed by atoms with Crippen molar-refractivity contribution in [3.63, 3.8) is 0 Å². The maximum Gasteiger partial charge on any atom is 0.416 e. The summed E-state index contributed by atoms with van der Waals surface area (Å²) in [5.74, 6) is -1.89. The van der Waals surface area contributed by atoms with Crippen LogP contribution >= 0.6 is 0 Å². The normalized spacial score (nSPS) is 14.1. The number of hydrogen-bond donors (Lipinski definition) is 2. The molecule has 0 spiro atoms. The van der Waals surface area contributed by atoms with Gasteiger partial charge in [-0.05, 0) is 30.2 Å². The molecule has 156 valence electrons. The molecule has 1 aromatic carbocycles. The van der Waals surface area contributed by atoms with Gasteiger partial charge in [-0.15, -0.1) is 0 Å². The maximum atomic E-state index is 14.3. The molecule has 29 heavy (non-hydrogen) atoms. The van der Waals surface area contributed by atoms with Crippen LogP contribution < -0.4 is 10.9 Å². The zero-order chi connectivity index (χ0) is 21.3. The summed E-state index contributed by atoms with van der Waals surface area (Å²) in [7, 11) is 1.34. The van der Waals surface area contributed by atoms with Crippen LogP contribution in [0.2, 0.25) is 0 Å². The molecular formula is C18H17F4N3O4. The van der Waals surface area contributed by atoms with Crippen molar-refractivity contribution in [1.29, 1.82) is 0 Å². The van der Waals surface area contributed by atoms with Crippen molar-refractivity contribution in [2.24, 2.45) is 7.05 Å². The number of aliphatic hydroxyl groups excluding tert-OH is 1. The number of rotatable bonds is 5. The maximum absolute atomic E-state index is 14.3. The van der Waals surface area contributed by atoms with Crippen molar-refractivity contribution < 1.29 is 32.3 Å². The van der Waals surface area contributed by atoms with Gasteiger partial charge in [-0.25, -0.2) is 9.45 Å². The fourth-order valence-corrected chi connectivity index (χ4v) is 2.97. The number of carbonyl (C=O) groups is 1. The minimum Gasteiger partial charge on any atom is -0.394 e. The molecule has 0 aliphatic carbocycles. The molecule has 1 aromatic heterocycles. The number of fused-ring (bicyclic) bond motifs is 1. The first-order valence-electron chi connectivity index (χ1n) is 8.55. The molecule has 7 nitrogen and oxygen atoms in total. The van der Waals surface area contributed by atoms with Gasteiger partial charge in [0.1, 0.15) is 11.6 Å². The Morgan fingerprint density at radius 2 is 1.97 bits per heavy atom. The molecular weight excluding hydrogens is 398 g/mol. The van der Waals surface area contributed by atoms with Crippen LogP contribution in [0, 0.1) is 5.82 Å². The van der Waals surface area contributed by atoms with Gasteiger partial charge >= 0.3 is 6.18 Å². The number of pyridine rings is 1. The van der Waals surface area contributed by atoms with Crippen LogP contribution in [0.4, 0.5) is 29.1 Å². The molecule has 11 heteroatoms. The summed E-state index contributed by atoms with van der Waals surface area (Å²) in [6, 6.07) is 3.17. The smallest absolute Gasteiger partial charge is 0.394 e. The van der Waals surface area contributed by atoms with Crippen LogP contribution in [-0.4, -0.2) is 40.4 Å². The van der Waals surface area contributed by atoms with Crippen molar-refractivity contribution in [2.75, 3.05) is 25.1 Å². The van der Waals surface area contributed by atoms with Crippen LogP contribution in [0.15, 0.2) is 29.1 Å². The Balaban J connectivity index is 2.04. The Labute approximate surface area is 162 Å². The van der Waals surface area contributed by atoms with Gasteiger partial charge in [0.05, 0.1) is 36.6 Å². The van der Waals surface area contributed by atoms with Crippen molar-refractivity contribution in [2.45, 2.75) is 12.6 Å². The fraction of sp³-hybridized carbons (Fsp3) is 0.333. The highest BCUT2D eigenvalue weighted by Gasteiger charge is 2.32. The summed E-state index contributed by atoms with van der Waals surface area (Å²) >= 11 is 0. The summed E-state index contributed by atoms with van der Waals surface area (Å²) in [5, 5.41) is 12.5. The lowest BCUT2D eigenvalue weighted by atomic mass is 10.0. The Morgan fingerprint density at radius 1 is 1.24 bits per heavy atom. The van der Waals surface area contributed by atoms with E-state index in [1.807, 2.05) is 0 Å². The van der Waals surface area contributed by atoms with E-state index < -0.39 is 29.0 Å². The van der Waals surface area contributed by atoms with Crippen molar-refractivity contribution in [3.05, 3.63) is 57.1 Å². The summed E-state index contributed by atoms with van der Waals surface area (Å²) < 4.78 is 53.6. The molecule has 2 heterocycles. The predicted molar refractivity (Wildman–Crippen MR) is 94.1 cm³/mol. The van der Waals surface area contributed by atoms with E-state index in [1.165, 1.54) is 13.1 Å². The van der Waals surface area contributed by atoms with E-state index in [4.69, 9.17) is 9.94 Å². The lowest BCUT2D eigenvalue weighted by Gasteiger charge is -2.29. The molecule has 0 fully saturated rings. The largest absolute Gasteiger partial charge is 0.416 e. The van der Waals surface area contributed by atoms with Gasteiger partial charge in [0.15, 0.2) is 0 Å². The van der Waals surface area contributed by atoms with Gasteiger partial charge < -0.3 is 10.4 Å². The van der Waals surface area contributed by atoms with Crippen LogP contribution in [-0.2, 0) is 24.5 Å². The number of halogens is 4. The molecule has 0 unspecified atom stereocenters. The van der Waals surface area contributed by atoms with Crippen molar-refractivity contribution in [3.8, 4) is 0 Å². The fourth-order valence-electron chi connectivity index (χ4n) is 2.97. The molecule has 0 saturated heterocycles. The first kappa shape index (κ1) is 20.8. The number of nitrogens with zero attached hydrogens (tertiary/aromatic N) is 2. The Hall–Kier alpha value is -2.92. The van der Waals surface area contributed by atoms with Gasteiger partial charge in [0.25, 0.3) is 11.5 Å². The second-order valence-electron chi connectivity index (χ2n) is 6.32. The lowest BCUT2D eigenvalue weighted by Crippen LogP contribution is -2.40. The average Bonchev–Trinajstić information content (AvgIpc) is 2.65. The number of aliphatic hydroxyl groups is 1. The van der Waals surface area contributed by atoms with Gasteiger partial charge in [0, 0.05) is 13.1 Å². The van der Waals surface area contributed by atoms with Gasteiger partial charge in [-0.1, -0.05) is 0 Å². The van der Waals surface area contributed by atoms with E-state index in [0.717, 1.165) is 15.7 Å². The molecule has 2 aromatic rings. The molecule has 2 N–H and O–H groups in total. The van der Waals surface area contributed by atoms with Gasteiger partial charge in [0.2, 0.25) is 0 Å². The van der Waals surface area contributed by atoms with E-state index >= 15 is 0 Å². The quantitative estimate of drug-likeness (QED) is 0.732. The third kappa shape index (κ3) is 4.10. The van der Waals surface area contributed by atoms with Gasteiger partial charge in [-0.2, -0.15) is 13.2 Å². The lowest BCUT2D eigenvalue weighted by molar-refractivity contribution is -0.137. The summed E-state index contributed by atoms with van der Waals surface area (Å²) in [5.41, 5.74) is -1.53. The molecule has 1 amide bonds. The number of anilines is 2. The van der Waals surface area contributed by atoms with E-state index in [0.29, 0.717) is 17.7 Å². The SMILES string of the molecule is Cn1c(Nc2ccc(C(F)(F)F)cc2F)c2c(cc1=O)CCN(OCCO)C2=O. The Bertz CT molecular complexity index is 1000. The van der Waals surface area contributed by atoms with Crippen molar-refractivity contribution in [1.82, 2.24) is 9.63 Å². The van der Waals surface area contributed by atoms with Crippen LogP contribution in [0.5, 0.6) is 0 Å². The molecule has 1 aliphatic rings. The number of hydroxylamine groups is 2. The number of alkyl halides is 3. The first-order chi connectivity index (χ1) is 13.6. The Morgan fingerprint density at radius 3 is 2.59 bits per heavy atom. The monoisotopic (exact) mass is 415 g/mol. The molecule has 0 atom stereocenters. The van der Waals surface area contributed by atoms with E-state index in [9.17, 15) is 27.2 Å². The third-order valence-electron chi connectivity index (χ3n) is 4.43. The number of aromatic nitrogens is 1. The standard InChI is InChI=1S/C18H17F4N3O4/c1-24-14(27)8-10-4-5-25(29-7-6-26)17(28)15(10)16(24)23-13-3-2-11(9-12(13)19)18(20,21)22/h2-3,8-9,23,26H,4-7H2,1H3. The number of benzene rings is 1. The molecule has 3 rings (SSSR count). The Kier molecular flexibility index (Phi) is 5.62. The van der Waals surface area contributed by atoms with E-state index in [-0.39, 0.29) is 43.2 Å². The van der Waals surface area contributed by atoms with Gasteiger partial charge in [-0.3, -0.25) is 19.0 Å². The van der Waals surface area contributed by atoms with Crippen molar-refractivity contribution >= 4 is 17.4 Å². The molecule has 0 radical (unpaired) electrons. The average molecular weight is 415 g/mol. The highest BCUT2D eigenvalue weighted by Crippen LogP contribution is 2.33. The van der Waals surface area contributed by atoms with Crippen LogP contribution in [0.3, 0.4) is 0 Å². The minimum atomic E-state index is -4.71. The topological polar surface area (TPSA) is 83.8 Å². The minimum absolute atomic E-state index is 0.0376. The zero-order valence-corrected chi connectivity index (χ0v) is 15.2.